The van der Waals surface area contributed by atoms with Crippen molar-refractivity contribution < 1.29 is 17.0 Å². The maximum Gasteiger partial charge on any atom is 0.421 e. The maximum atomic E-state index is 4.31. The molecule has 0 saturated heterocycles. The molecule has 0 radical (unpaired) electrons. The zero-order chi connectivity index (χ0) is 17.7. The van der Waals surface area contributed by atoms with Crippen molar-refractivity contribution in [3.63, 3.8) is 0 Å². The number of nitrogens with zero attached hydrogens (tertiary/aromatic N) is 5. The van der Waals surface area contributed by atoms with Crippen molar-refractivity contribution in [3.05, 3.63) is 36.7 Å². The lowest BCUT2D eigenvalue weighted by atomic mass is 9.93. The topological polar surface area (TPSA) is 48.8 Å². The summed E-state index contributed by atoms with van der Waals surface area (Å²) in [7, 11) is 8.12. The van der Waals surface area contributed by atoms with Gasteiger partial charge in [0.15, 0.2) is 0 Å². The largest absolute Gasteiger partial charge is 1.00 e. The summed E-state index contributed by atoms with van der Waals surface area (Å²) < 4.78 is 3.87. The van der Waals surface area contributed by atoms with E-state index in [0.29, 0.717) is 0 Å². The molecule has 0 aliphatic rings. The lowest BCUT2D eigenvalue weighted by Crippen LogP contribution is -3.00. The van der Waals surface area contributed by atoms with Crippen LogP contribution in [-0.2, 0) is 14.1 Å². The van der Waals surface area contributed by atoms with Gasteiger partial charge in [-0.25, -0.2) is 9.13 Å². The molecule has 0 aliphatic carbocycles. The van der Waals surface area contributed by atoms with Gasteiger partial charge in [-0.15, -0.1) is 0 Å². The van der Waals surface area contributed by atoms with Crippen molar-refractivity contribution in [2.75, 3.05) is 32.5 Å². The van der Waals surface area contributed by atoms with Gasteiger partial charge in [0, 0.05) is 23.9 Å². The van der Waals surface area contributed by atoms with Gasteiger partial charge in [0.1, 0.15) is 5.69 Å². The molecule has 25 heavy (non-hydrogen) atoms. The SMILES string of the molecule is CN(C)CC(C)(C)CNc1ccc(N=Nc2n(C)cc[n+]2C)cc1.[Cl-]. The molecule has 0 aliphatic heterocycles. The van der Waals surface area contributed by atoms with Gasteiger partial charge in [-0.3, -0.25) is 0 Å². The van der Waals surface area contributed by atoms with Crippen LogP contribution in [0, 0.1) is 5.41 Å². The first-order valence-electron chi connectivity index (χ1n) is 8.18. The van der Waals surface area contributed by atoms with Crippen LogP contribution in [0.2, 0.25) is 0 Å². The maximum absolute atomic E-state index is 4.31. The average Bonchev–Trinajstić information content (AvgIpc) is 2.82. The summed E-state index contributed by atoms with van der Waals surface area (Å²) in [6.07, 6.45) is 3.91. The Hall–Kier alpha value is -1.92. The van der Waals surface area contributed by atoms with Gasteiger partial charge < -0.3 is 22.6 Å². The van der Waals surface area contributed by atoms with E-state index in [1.54, 1.807) is 0 Å². The fourth-order valence-electron chi connectivity index (χ4n) is 2.72. The summed E-state index contributed by atoms with van der Waals surface area (Å²) >= 11 is 0. The summed E-state index contributed by atoms with van der Waals surface area (Å²) in [5.74, 6) is 0.808. The van der Waals surface area contributed by atoms with Crippen LogP contribution in [0.15, 0.2) is 46.9 Å². The molecule has 0 unspecified atom stereocenters. The lowest BCUT2D eigenvalue weighted by molar-refractivity contribution is -0.657. The zero-order valence-electron chi connectivity index (χ0n) is 16.0. The number of anilines is 1. The number of benzene rings is 1. The number of imidazole rings is 1. The highest BCUT2D eigenvalue weighted by Gasteiger charge is 2.18. The molecule has 2 aromatic rings. The normalized spacial score (nSPS) is 11.8. The van der Waals surface area contributed by atoms with Gasteiger partial charge in [-0.05, 0) is 43.8 Å². The molecule has 1 aromatic heterocycles. The average molecular weight is 365 g/mol. The second-order valence-corrected chi connectivity index (χ2v) is 7.32. The number of nitrogens with one attached hydrogen (secondary N) is 1. The minimum absolute atomic E-state index is 0. The Balaban J connectivity index is 0.00000312. The Labute approximate surface area is 157 Å². The van der Waals surface area contributed by atoms with E-state index in [9.17, 15) is 0 Å². The first kappa shape index (κ1) is 21.1. The molecule has 1 heterocycles. The van der Waals surface area contributed by atoms with E-state index in [0.717, 1.165) is 30.4 Å². The fourth-order valence-corrected chi connectivity index (χ4v) is 2.72. The molecular weight excluding hydrogens is 336 g/mol. The Bertz CT molecular complexity index is 669. The van der Waals surface area contributed by atoms with Crippen molar-refractivity contribution in [3.8, 4) is 0 Å². The molecule has 0 saturated carbocycles. The highest BCUT2D eigenvalue weighted by molar-refractivity contribution is 5.50. The van der Waals surface area contributed by atoms with Crippen LogP contribution in [-0.4, -0.2) is 36.7 Å². The van der Waals surface area contributed by atoms with Crippen molar-refractivity contribution in [1.82, 2.24) is 9.47 Å². The summed E-state index contributed by atoms with van der Waals surface area (Å²) in [5, 5.41) is 12.1. The van der Waals surface area contributed by atoms with Gasteiger partial charge in [-0.1, -0.05) is 19.0 Å². The first-order valence-corrected chi connectivity index (χ1v) is 8.18. The fraction of sp³-hybridized carbons (Fsp3) is 0.500. The van der Waals surface area contributed by atoms with E-state index in [4.69, 9.17) is 0 Å². The van der Waals surface area contributed by atoms with Gasteiger partial charge in [0.2, 0.25) is 0 Å². The predicted octanol–water partition coefficient (Wildman–Crippen LogP) is 0.269. The number of hydrogen-bond acceptors (Lipinski definition) is 4. The van der Waals surface area contributed by atoms with Crippen molar-refractivity contribution in [1.29, 1.82) is 0 Å². The van der Waals surface area contributed by atoms with Crippen molar-refractivity contribution in [2.24, 2.45) is 29.7 Å². The van der Waals surface area contributed by atoms with Gasteiger partial charge in [-0.2, -0.15) is 0 Å². The molecule has 0 atom stereocenters. The van der Waals surface area contributed by atoms with Crippen LogP contribution >= 0.6 is 0 Å². The number of azo groups is 1. The second kappa shape index (κ2) is 8.97. The molecule has 0 amide bonds. The monoisotopic (exact) mass is 364 g/mol. The highest BCUT2D eigenvalue weighted by atomic mass is 35.5. The Morgan fingerprint density at radius 2 is 1.80 bits per heavy atom. The van der Waals surface area contributed by atoms with E-state index in [1.165, 1.54) is 0 Å². The van der Waals surface area contributed by atoms with Crippen molar-refractivity contribution in [2.45, 2.75) is 13.8 Å². The summed E-state index contributed by atoms with van der Waals surface area (Å²) in [4.78, 5) is 2.22. The minimum Gasteiger partial charge on any atom is -1.00 e. The number of hydrogen-bond donors (Lipinski definition) is 1. The molecule has 2 rings (SSSR count). The molecule has 1 aromatic carbocycles. The molecule has 0 bridgehead atoms. The molecule has 7 heteroatoms. The lowest BCUT2D eigenvalue weighted by Gasteiger charge is -2.28. The summed E-state index contributed by atoms with van der Waals surface area (Å²) in [6, 6.07) is 8.05. The molecular formula is C18H29ClN6. The number of aromatic nitrogens is 2. The van der Waals surface area contributed by atoms with Crippen LogP contribution in [0.1, 0.15) is 13.8 Å². The Kier molecular flexibility index (Phi) is 7.58. The number of rotatable bonds is 7. The van der Waals surface area contributed by atoms with Gasteiger partial charge >= 0.3 is 5.95 Å². The first-order chi connectivity index (χ1) is 11.3. The predicted molar refractivity (Wildman–Crippen MR) is 98.0 cm³/mol. The Morgan fingerprint density at radius 3 is 2.32 bits per heavy atom. The molecule has 6 nitrogen and oxygen atoms in total. The van der Waals surface area contributed by atoms with Crippen LogP contribution < -0.4 is 22.3 Å². The zero-order valence-corrected chi connectivity index (χ0v) is 16.7. The van der Waals surface area contributed by atoms with Crippen LogP contribution in [0.5, 0.6) is 0 Å². The van der Waals surface area contributed by atoms with E-state index in [1.807, 2.05) is 59.9 Å². The van der Waals surface area contributed by atoms with Crippen LogP contribution in [0.3, 0.4) is 0 Å². The van der Waals surface area contributed by atoms with Gasteiger partial charge in [0.05, 0.1) is 26.5 Å². The summed E-state index contributed by atoms with van der Waals surface area (Å²) in [5.41, 5.74) is 2.16. The van der Waals surface area contributed by atoms with Crippen LogP contribution in [0.25, 0.3) is 0 Å². The standard InChI is InChI=1S/C18H28N6.ClH/c1-18(2,14-22(3)4)13-19-15-7-9-16(10-8-15)20-21-17-23(5)11-12-24(17)6;/h7-12H,13-14H2,1-6H3;1H. The van der Waals surface area contributed by atoms with Gasteiger partial charge in [0.25, 0.3) is 0 Å². The van der Waals surface area contributed by atoms with Crippen molar-refractivity contribution >= 4 is 17.3 Å². The second-order valence-electron chi connectivity index (χ2n) is 7.32. The summed E-state index contributed by atoms with van der Waals surface area (Å²) in [6.45, 7) is 6.50. The Morgan fingerprint density at radius 1 is 1.16 bits per heavy atom. The number of halogens is 1. The minimum atomic E-state index is 0. The highest BCUT2D eigenvalue weighted by Crippen LogP contribution is 2.21. The molecule has 0 spiro atoms. The quantitative estimate of drug-likeness (QED) is 0.566. The third-order valence-electron chi connectivity index (χ3n) is 3.78. The van der Waals surface area contributed by atoms with E-state index >= 15 is 0 Å². The van der Waals surface area contributed by atoms with E-state index in [-0.39, 0.29) is 17.8 Å². The molecule has 0 fully saturated rings. The molecule has 138 valence electrons. The third kappa shape index (κ3) is 6.48. The third-order valence-corrected chi connectivity index (χ3v) is 3.78. The number of aryl methyl sites for hydroxylation is 2. The van der Waals surface area contributed by atoms with E-state index in [2.05, 4.69) is 48.4 Å². The van der Waals surface area contributed by atoms with E-state index < -0.39 is 0 Å². The smallest absolute Gasteiger partial charge is 0.421 e. The molecule has 1 N–H and O–H groups in total. The van der Waals surface area contributed by atoms with Crippen LogP contribution in [0.4, 0.5) is 17.3 Å².